The van der Waals surface area contributed by atoms with Gasteiger partial charge in [-0.3, -0.25) is 9.59 Å². The average molecular weight is 392 g/mol. The first-order valence-electron chi connectivity index (χ1n) is 6.67. The van der Waals surface area contributed by atoms with Crippen molar-refractivity contribution in [1.82, 2.24) is 0 Å². The summed E-state index contributed by atoms with van der Waals surface area (Å²) in [5.74, 6) is 0.267. The maximum absolute atomic E-state index is 12.4. The van der Waals surface area contributed by atoms with E-state index in [0.717, 1.165) is 10.9 Å². The molecule has 114 valence electrons. The van der Waals surface area contributed by atoms with Crippen LogP contribution in [0.4, 0.5) is 0 Å². The van der Waals surface area contributed by atoms with Crippen molar-refractivity contribution in [2.24, 2.45) is 5.92 Å². The summed E-state index contributed by atoms with van der Waals surface area (Å²) < 4.78 is 6.05. The lowest BCUT2D eigenvalue weighted by atomic mass is 9.75. The molecule has 2 rings (SSSR count). The van der Waals surface area contributed by atoms with Crippen LogP contribution in [0, 0.1) is 5.92 Å². The highest BCUT2D eigenvalue weighted by Gasteiger charge is 2.38. The second-order valence-corrected chi connectivity index (χ2v) is 6.93. The van der Waals surface area contributed by atoms with Crippen LogP contribution in [-0.2, 0) is 9.59 Å². The van der Waals surface area contributed by atoms with Gasteiger partial charge in [0.05, 0.1) is 7.11 Å². The Morgan fingerprint density at radius 2 is 1.95 bits per heavy atom. The molecule has 1 aromatic rings. The van der Waals surface area contributed by atoms with Crippen LogP contribution in [0.25, 0.3) is 0 Å². The number of Topliss-reactive ketones (excluding diaryl/α,β-unsaturated/α-hetero) is 2. The molecule has 0 heterocycles. The number of hydrogen-bond donors (Lipinski definition) is 1. The minimum absolute atomic E-state index is 0.0828. The minimum atomic E-state index is -0.809. The minimum Gasteiger partial charge on any atom is -0.496 e. The van der Waals surface area contributed by atoms with Crippen molar-refractivity contribution in [2.75, 3.05) is 12.9 Å². The molecule has 3 nitrogen and oxygen atoms in total. The molecule has 1 saturated carbocycles. The molecule has 0 saturated heterocycles. The SMILES string of the molecule is COc1cc(Br)cc(Cl)c1C1C(=O)CC(CCS)CC1=O. The van der Waals surface area contributed by atoms with Crippen LogP contribution >= 0.6 is 40.2 Å². The summed E-state index contributed by atoms with van der Waals surface area (Å²) in [6.07, 6.45) is 1.57. The summed E-state index contributed by atoms with van der Waals surface area (Å²) in [5, 5.41) is 0.376. The van der Waals surface area contributed by atoms with Crippen molar-refractivity contribution in [3.63, 3.8) is 0 Å². The van der Waals surface area contributed by atoms with E-state index in [1.807, 2.05) is 0 Å². The topological polar surface area (TPSA) is 43.4 Å². The van der Waals surface area contributed by atoms with Crippen LogP contribution in [0.5, 0.6) is 5.75 Å². The number of ether oxygens (including phenoxy) is 1. The number of rotatable bonds is 4. The molecule has 6 heteroatoms. The van der Waals surface area contributed by atoms with Crippen LogP contribution in [-0.4, -0.2) is 24.4 Å². The first-order valence-corrected chi connectivity index (χ1v) is 8.47. The van der Waals surface area contributed by atoms with E-state index in [-0.39, 0.29) is 17.5 Å². The zero-order valence-corrected chi connectivity index (χ0v) is 14.8. The maximum Gasteiger partial charge on any atom is 0.148 e. The first kappa shape index (κ1) is 16.8. The van der Waals surface area contributed by atoms with E-state index >= 15 is 0 Å². The van der Waals surface area contributed by atoms with Crippen LogP contribution < -0.4 is 4.74 Å². The van der Waals surface area contributed by atoms with E-state index < -0.39 is 5.92 Å². The van der Waals surface area contributed by atoms with Gasteiger partial charge < -0.3 is 4.74 Å². The largest absolute Gasteiger partial charge is 0.496 e. The lowest BCUT2D eigenvalue weighted by Gasteiger charge is -2.27. The number of carbonyl (C=O) groups is 2. The fourth-order valence-electron chi connectivity index (χ4n) is 2.78. The van der Waals surface area contributed by atoms with Crippen molar-refractivity contribution in [2.45, 2.75) is 25.2 Å². The second-order valence-electron chi connectivity index (χ2n) is 5.16. The molecule has 0 spiro atoms. The molecule has 21 heavy (non-hydrogen) atoms. The summed E-state index contributed by atoms with van der Waals surface area (Å²) in [5.41, 5.74) is 0.488. The molecule has 1 fully saturated rings. The highest BCUT2D eigenvalue weighted by molar-refractivity contribution is 9.10. The molecule has 0 atom stereocenters. The Morgan fingerprint density at radius 3 is 2.48 bits per heavy atom. The molecule has 0 radical (unpaired) electrons. The fourth-order valence-corrected chi connectivity index (χ4v) is 4.03. The summed E-state index contributed by atoms with van der Waals surface area (Å²) in [7, 11) is 1.50. The van der Waals surface area contributed by atoms with Crippen LogP contribution in [0.15, 0.2) is 16.6 Å². The van der Waals surface area contributed by atoms with E-state index in [1.54, 1.807) is 12.1 Å². The third-order valence-electron chi connectivity index (χ3n) is 3.73. The zero-order valence-electron chi connectivity index (χ0n) is 11.6. The van der Waals surface area contributed by atoms with Crippen LogP contribution in [0.3, 0.4) is 0 Å². The quantitative estimate of drug-likeness (QED) is 0.622. The number of halogens is 2. The monoisotopic (exact) mass is 390 g/mol. The van der Waals surface area contributed by atoms with Gasteiger partial charge in [0.25, 0.3) is 0 Å². The standard InChI is InChI=1S/C15H16BrClO3S/c1-20-13-7-9(16)6-10(17)14(13)15-11(18)4-8(2-3-21)5-12(15)19/h6-8,15,21H,2-5H2,1H3. The molecular weight excluding hydrogens is 376 g/mol. The third-order valence-corrected chi connectivity index (χ3v) is 4.75. The number of ketones is 2. The molecule has 1 aliphatic carbocycles. The Labute approximate surface area is 142 Å². The number of hydrogen-bond acceptors (Lipinski definition) is 4. The maximum atomic E-state index is 12.4. The summed E-state index contributed by atoms with van der Waals surface area (Å²) in [4.78, 5) is 24.8. The lowest BCUT2D eigenvalue weighted by molar-refractivity contribution is -0.133. The van der Waals surface area contributed by atoms with Crippen molar-refractivity contribution in [1.29, 1.82) is 0 Å². The number of thiol groups is 1. The number of benzene rings is 1. The number of methoxy groups -OCH3 is 1. The molecule has 1 aromatic carbocycles. The molecule has 0 unspecified atom stereocenters. The van der Waals surface area contributed by atoms with E-state index in [9.17, 15) is 9.59 Å². The summed E-state index contributed by atoms with van der Waals surface area (Å²) in [6, 6.07) is 3.40. The predicted molar refractivity (Wildman–Crippen MR) is 89.7 cm³/mol. The number of carbonyl (C=O) groups excluding carboxylic acids is 2. The zero-order chi connectivity index (χ0) is 15.6. The molecule has 0 bridgehead atoms. The van der Waals surface area contributed by atoms with E-state index in [4.69, 9.17) is 16.3 Å². The van der Waals surface area contributed by atoms with Crippen molar-refractivity contribution in [3.8, 4) is 5.75 Å². The smallest absolute Gasteiger partial charge is 0.148 e. The summed E-state index contributed by atoms with van der Waals surface area (Å²) >= 11 is 13.8. The molecule has 0 amide bonds. The van der Waals surface area contributed by atoms with Gasteiger partial charge in [-0.1, -0.05) is 27.5 Å². The molecule has 0 aromatic heterocycles. The Kier molecular flexibility index (Phi) is 5.74. The van der Waals surface area contributed by atoms with E-state index in [1.165, 1.54) is 7.11 Å². The van der Waals surface area contributed by atoms with Gasteiger partial charge in [-0.05, 0) is 30.2 Å². The molecule has 0 N–H and O–H groups in total. The highest BCUT2D eigenvalue weighted by atomic mass is 79.9. The highest BCUT2D eigenvalue weighted by Crippen LogP contribution is 2.41. The van der Waals surface area contributed by atoms with E-state index in [0.29, 0.717) is 34.9 Å². The van der Waals surface area contributed by atoms with Gasteiger partial charge in [0.1, 0.15) is 23.2 Å². The molecule has 0 aliphatic heterocycles. The normalized spacial score (nSPS) is 22.5. The third kappa shape index (κ3) is 3.63. The Hall–Kier alpha value is -0.520. The molecular formula is C15H16BrClO3S. The van der Waals surface area contributed by atoms with Crippen LogP contribution in [0.1, 0.15) is 30.7 Å². The Balaban J connectivity index is 2.38. The Morgan fingerprint density at radius 1 is 1.33 bits per heavy atom. The van der Waals surface area contributed by atoms with Crippen molar-refractivity contribution >= 4 is 51.7 Å². The van der Waals surface area contributed by atoms with Gasteiger partial charge in [0.2, 0.25) is 0 Å². The summed E-state index contributed by atoms with van der Waals surface area (Å²) in [6.45, 7) is 0. The van der Waals surface area contributed by atoms with Crippen molar-refractivity contribution in [3.05, 3.63) is 27.2 Å². The molecule has 1 aliphatic rings. The van der Waals surface area contributed by atoms with Gasteiger partial charge in [-0.25, -0.2) is 0 Å². The van der Waals surface area contributed by atoms with Crippen molar-refractivity contribution < 1.29 is 14.3 Å². The predicted octanol–water partition coefficient (Wildman–Crippen LogP) is 4.06. The van der Waals surface area contributed by atoms with E-state index in [2.05, 4.69) is 28.6 Å². The second kappa shape index (κ2) is 7.16. The van der Waals surface area contributed by atoms with Gasteiger partial charge in [0, 0.05) is 27.9 Å². The van der Waals surface area contributed by atoms with Gasteiger partial charge in [-0.15, -0.1) is 0 Å². The lowest BCUT2D eigenvalue weighted by Crippen LogP contribution is -2.32. The van der Waals surface area contributed by atoms with Crippen LogP contribution in [0.2, 0.25) is 5.02 Å². The first-order chi connectivity index (χ1) is 9.97. The fraction of sp³-hybridized carbons (Fsp3) is 0.467. The average Bonchev–Trinajstić information content (AvgIpc) is 2.40. The Bertz CT molecular complexity index is 558. The van der Waals surface area contributed by atoms with Gasteiger partial charge in [0.15, 0.2) is 0 Å². The van der Waals surface area contributed by atoms with Gasteiger partial charge in [-0.2, -0.15) is 12.6 Å². The van der Waals surface area contributed by atoms with Gasteiger partial charge >= 0.3 is 0 Å².